The Labute approximate surface area is 177 Å². The number of H-pyrrole nitrogens is 1. The average Bonchev–Trinajstić information content (AvgIpc) is 3.29. The molecule has 1 unspecified atom stereocenters. The van der Waals surface area contributed by atoms with E-state index >= 15 is 0 Å². The molecule has 1 aromatic heterocycles. The molecule has 31 heavy (non-hydrogen) atoms. The van der Waals surface area contributed by atoms with Gasteiger partial charge in [0.25, 0.3) is 0 Å². The maximum atomic E-state index is 10.0. The minimum absolute atomic E-state index is 0.0674. The van der Waals surface area contributed by atoms with E-state index in [1.807, 2.05) is 6.92 Å². The Bertz CT molecular complexity index is 1260. The Morgan fingerprint density at radius 3 is 2.23 bits per heavy atom. The fourth-order valence-corrected chi connectivity index (χ4v) is 3.68. The average molecular weight is 411 g/mol. The molecule has 1 aliphatic heterocycles. The molecule has 9 heteroatoms. The number of nitrogens with one attached hydrogen (secondary N) is 2. The van der Waals surface area contributed by atoms with E-state index in [4.69, 9.17) is 0 Å². The number of rotatable bonds is 3. The summed E-state index contributed by atoms with van der Waals surface area (Å²) < 4.78 is 0. The van der Waals surface area contributed by atoms with E-state index in [-0.39, 0.29) is 34.2 Å². The van der Waals surface area contributed by atoms with Crippen LogP contribution in [0.25, 0.3) is 11.1 Å². The monoisotopic (exact) mass is 411 g/mol. The van der Waals surface area contributed by atoms with Crippen molar-refractivity contribution in [2.75, 3.05) is 0 Å². The second-order valence-corrected chi connectivity index (χ2v) is 7.29. The van der Waals surface area contributed by atoms with Crippen molar-refractivity contribution in [3.63, 3.8) is 0 Å². The van der Waals surface area contributed by atoms with Crippen LogP contribution in [-0.2, 0) is 5.54 Å². The van der Waals surface area contributed by atoms with E-state index in [9.17, 15) is 20.7 Å². The number of tetrazole rings is 1. The quantitative estimate of drug-likeness (QED) is 0.480. The van der Waals surface area contributed by atoms with Gasteiger partial charge in [-0.25, -0.2) is 0 Å². The Hall–Kier alpha value is -4.63. The molecule has 4 rings (SSSR count). The van der Waals surface area contributed by atoms with Gasteiger partial charge in [-0.15, -0.1) is 10.2 Å². The van der Waals surface area contributed by atoms with Crippen LogP contribution < -0.4 is 5.32 Å². The molecule has 0 fully saturated rings. The summed E-state index contributed by atoms with van der Waals surface area (Å²) in [6, 6.07) is 17.6. The predicted octanol–water partition coefficient (Wildman–Crippen LogP) is 2.73. The molecule has 1 atom stereocenters. The van der Waals surface area contributed by atoms with E-state index in [0.29, 0.717) is 12.0 Å². The molecule has 1 aliphatic rings. The minimum Gasteiger partial charge on any atom is -0.508 e. The lowest BCUT2D eigenvalue weighted by atomic mass is 9.77. The van der Waals surface area contributed by atoms with E-state index in [0.717, 1.165) is 11.1 Å². The van der Waals surface area contributed by atoms with Gasteiger partial charge in [0.05, 0.1) is 16.8 Å². The Morgan fingerprint density at radius 1 is 1.03 bits per heavy atom. The molecule has 2 heterocycles. The van der Waals surface area contributed by atoms with Gasteiger partial charge in [0.1, 0.15) is 29.2 Å². The zero-order valence-electron chi connectivity index (χ0n) is 16.5. The number of hydrogen-bond acceptors (Lipinski definition) is 8. The molecule has 0 aliphatic carbocycles. The van der Waals surface area contributed by atoms with E-state index in [2.05, 4.69) is 38.1 Å². The minimum atomic E-state index is -0.720. The third kappa shape index (κ3) is 3.56. The van der Waals surface area contributed by atoms with Crippen LogP contribution in [0.15, 0.2) is 59.8 Å². The topological polar surface area (TPSA) is 155 Å². The summed E-state index contributed by atoms with van der Waals surface area (Å²) in [6.45, 7) is 1.94. The summed E-state index contributed by atoms with van der Waals surface area (Å²) in [4.78, 5) is 0. The highest BCUT2D eigenvalue weighted by Gasteiger charge is 2.37. The van der Waals surface area contributed by atoms with E-state index < -0.39 is 5.54 Å². The first-order valence-corrected chi connectivity index (χ1v) is 9.34. The maximum Gasteiger partial charge on any atom is 0.217 e. The number of nitrogens with zero attached hydrogens (tertiary/aromatic N) is 5. The van der Waals surface area contributed by atoms with Crippen LogP contribution in [0.5, 0.6) is 11.5 Å². The van der Waals surface area contributed by atoms with Crippen molar-refractivity contribution >= 4 is 11.1 Å². The molecular weight excluding hydrogens is 394 g/mol. The highest BCUT2D eigenvalue weighted by atomic mass is 16.3. The maximum absolute atomic E-state index is 10.0. The third-order valence-electron chi connectivity index (χ3n) is 5.25. The van der Waals surface area contributed by atoms with Crippen LogP contribution in [-0.4, -0.2) is 30.8 Å². The predicted molar refractivity (Wildman–Crippen MR) is 111 cm³/mol. The van der Waals surface area contributed by atoms with Gasteiger partial charge < -0.3 is 15.5 Å². The fraction of sp³-hybridized carbons (Fsp3) is 0.136. The van der Waals surface area contributed by atoms with Crippen LogP contribution in [0, 0.1) is 22.7 Å². The van der Waals surface area contributed by atoms with Crippen molar-refractivity contribution in [2.24, 2.45) is 0 Å². The van der Waals surface area contributed by atoms with Gasteiger partial charge in [0, 0.05) is 6.42 Å². The van der Waals surface area contributed by atoms with Crippen molar-refractivity contribution in [1.29, 1.82) is 10.5 Å². The second kappa shape index (κ2) is 7.65. The van der Waals surface area contributed by atoms with Gasteiger partial charge in [0.2, 0.25) is 5.82 Å². The molecular formula is C22H17N7O2. The SMILES string of the molecule is CC1(c2ccc(O)cc2)CC(c2ccc(O)cc2)=C(C#N)/C(=C(/C#N)c2nn[nH]n2)N1. The lowest BCUT2D eigenvalue weighted by Gasteiger charge is -2.39. The molecule has 0 spiro atoms. The van der Waals surface area contributed by atoms with E-state index in [1.54, 1.807) is 48.5 Å². The standard InChI is InChI=1S/C22H17N7O2/c1-22(14-4-8-16(31)9-5-14)10-17(13-2-6-15(30)7-3-13)18(11-23)20(25-22)19(12-24)21-26-28-29-27-21/h2-9,25,30-31H,10H2,1H3,(H,26,27,28,29)/b20-19+. The van der Waals surface area contributed by atoms with Crippen LogP contribution in [0.1, 0.15) is 30.3 Å². The van der Waals surface area contributed by atoms with E-state index in [1.165, 1.54) is 0 Å². The molecule has 0 radical (unpaired) electrons. The van der Waals surface area contributed by atoms with Crippen LogP contribution >= 0.6 is 0 Å². The Kier molecular flexibility index (Phi) is 4.86. The fourth-order valence-electron chi connectivity index (χ4n) is 3.68. The summed E-state index contributed by atoms with van der Waals surface area (Å²) in [5, 5.41) is 56.3. The summed E-state index contributed by atoms with van der Waals surface area (Å²) in [5.74, 6) is 0.312. The van der Waals surface area contributed by atoms with Gasteiger partial charge in [-0.3, -0.25) is 0 Å². The number of aromatic amines is 1. The zero-order chi connectivity index (χ0) is 22.0. The normalized spacial score (nSPS) is 19.8. The first-order valence-electron chi connectivity index (χ1n) is 9.34. The number of aromatic hydroxyl groups is 2. The first kappa shape index (κ1) is 19.7. The summed E-state index contributed by atoms with van der Waals surface area (Å²) in [7, 11) is 0. The van der Waals surface area contributed by atoms with Crippen LogP contribution in [0.2, 0.25) is 0 Å². The summed E-state index contributed by atoms with van der Waals surface area (Å²) in [6.07, 6.45) is 0.417. The number of phenols is 2. The van der Waals surface area contributed by atoms with Gasteiger partial charge in [-0.1, -0.05) is 24.3 Å². The lowest BCUT2D eigenvalue weighted by molar-refractivity contribution is 0.407. The molecule has 9 nitrogen and oxygen atoms in total. The number of phenolic OH excluding ortho intramolecular Hbond substituents is 2. The molecule has 0 saturated heterocycles. The van der Waals surface area contributed by atoms with Gasteiger partial charge in [0.15, 0.2) is 0 Å². The highest BCUT2D eigenvalue weighted by Crippen LogP contribution is 2.43. The molecule has 0 saturated carbocycles. The number of aromatic nitrogens is 4. The smallest absolute Gasteiger partial charge is 0.217 e. The van der Waals surface area contributed by atoms with Gasteiger partial charge >= 0.3 is 0 Å². The van der Waals surface area contributed by atoms with Crippen molar-refractivity contribution in [1.82, 2.24) is 25.9 Å². The number of hydrogen-bond donors (Lipinski definition) is 4. The van der Waals surface area contributed by atoms with Crippen molar-refractivity contribution in [3.05, 3.63) is 76.8 Å². The highest BCUT2D eigenvalue weighted by molar-refractivity contribution is 5.87. The number of allylic oxidation sites excluding steroid dienone is 2. The Morgan fingerprint density at radius 2 is 1.68 bits per heavy atom. The van der Waals surface area contributed by atoms with Crippen molar-refractivity contribution < 1.29 is 10.2 Å². The zero-order valence-corrected chi connectivity index (χ0v) is 16.5. The largest absolute Gasteiger partial charge is 0.508 e. The Balaban J connectivity index is 1.99. The van der Waals surface area contributed by atoms with Gasteiger partial charge in [-0.2, -0.15) is 15.7 Å². The summed E-state index contributed by atoms with van der Waals surface area (Å²) in [5.41, 5.74) is 2.21. The van der Waals surface area contributed by atoms with Crippen molar-refractivity contribution in [3.8, 4) is 23.6 Å². The van der Waals surface area contributed by atoms with Crippen molar-refractivity contribution in [2.45, 2.75) is 18.9 Å². The number of nitriles is 2. The molecule has 0 bridgehead atoms. The molecule has 0 amide bonds. The molecule has 2 aromatic carbocycles. The lowest BCUT2D eigenvalue weighted by Crippen LogP contribution is -2.43. The van der Waals surface area contributed by atoms with Crippen LogP contribution in [0.4, 0.5) is 0 Å². The van der Waals surface area contributed by atoms with Crippen LogP contribution in [0.3, 0.4) is 0 Å². The first-order chi connectivity index (χ1) is 14.9. The third-order valence-corrected chi connectivity index (χ3v) is 5.25. The van der Waals surface area contributed by atoms with Gasteiger partial charge in [-0.05, 0) is 53.1 Å². The summed E-state index contributed by atoms with van der Waals surface area (Å²) >= 11 is 0. The molecule has 4 N–H and O–H groups in total. The second-order valence-electron chi connectivity index (χ2n) is 7.29. The molecule has 152 valence electrons. The molecule has 3 aromatic rings. The number of benzene rings is 2.